The number of urea groups is 1. The molecule has 0 atom stereocenters. The van der Waals surface area contributed by atoms with E-state index in [4.69, 9.17) is 22.7 Å². The second-order valence-corrected chi connectivity index (χ2v) is 8.30. The maximum absolute atomic E-state index is 12.6. The Morgan fingerprint density at radius 2 is 1.77 bits per heavy atom. The number of pyridine rings is 1. The summed E-state index contributed by atoms with van der Waals surface area (Å²) in [7, 11) is 1.67. The van der Waals surface area contributed by atoms with Crippen molar-refractivity contribution in [2.24, 2.45) is 5.73 Å². The van der Waals surface area contributed by atoms with Gasteiger partial charge in [-0.15, -0.1) is 0 Å². The SMILES string of the molecule is CN(C(=O)Nc1cc(C(C)(C)C)ncn1)c1ccc(Oc2ccnc(C(N)=S)c2)cc1. The minimum Gasteiger partial charge on any atom is -0.457 e. The Morgan fingerprint density at radius 1 is 1.06 bits per heavy atom. The lowest BCUT2D eigenvalue weighted by Crippen LogP contribution is -2.31. The Hall–Kier alpha value is -3.59. The molecule has 2 aromatic heterocycles. The van der Waals surface area contributed by atoms with Crippen molar-refractivity contribution < 1.29 is 9.53 Å². The molecule has 3 aromatic rings. The second-order valence-electron chi connectivity index (χ2n) is 7.86. The summed E-state index contributed by atoms with van der Waals surface area (Å²) in [5.74, 6) is 1.61. The molecule has 0 unspecified atom stereocenters. The quantitative estimate of drug-likeness (QED) is 0.576. The van der Waals surface area contributed by atoms with E-state index in [-0.39, 0.29) is 16.4 Å². The first-order valence-electron chi connectivity index (χ1n) is 9.54. The molecule has 0 fully saturated rings. The van der Waals surface area contributed by atoms with E-state index in [1.807, 2.05) is 20.8 Å². The minimum atomic E-state index is -0.317. The van der Waals surface area contributed by atoms with Crippen LogP contribution in [0, 0.1) is 0 Å². The number of aromatic nitrogens is 3. The number of carbonyl (C=O) groups is 1. The van der Waals surface area contributed by atoms with Crippen molar-refractivity contribution in [1.82, 2.24) is 15.0 Å². The van der Waals surface area contributed by atoms with Crippen molar-refractivity contribution in [3.63, 3.8) is 0 Å². The van der Waals surface area contributed by atoms with Crippen LogP contribution in [-0.4, -0.2) is 33.0 Å². The predicted octanol–water partition coefficient (Wildman–Crippen LogP) is 4.26. The highest BCUT2D eigenvalue weighted by molar-refractivity contribution is 7.80. The van der Waals surface area contributed by atoms with Gasteiger partial charge < -0.3 is 10.5 Å². The third-order valence-corrected chi connectivity index (χ3v) is 4.63. The van der Waals surface area contributed by atoms with Crippen molar-refractivity contribution in [3.8, 4) is 11.5 Å². The van der Waals surface area contributed by atoms with Gasteiger partial charge in [0.25, 0.3) is 0 Å². The smallest absolute Gasteiger partial charge is 0.327 e. The molecule has 0 radical (unpaired) electrons. The number of amides is 2. The molecule has 3 rings (SSSR count). The number of ether oxygens (including phenoxy) is 1. The molecule has 1 aromatic carbocycles. The van der Waals surface area contributed by atoms with Gasteiger partial charge in [-0.25, -0.2) is 14.8 Å². The lowest BCUT2D eigenvalue weighted by atomic mass is 9.92. The van der Waals surface area contributed by atoms with Gasteiger partial charge in [0.05, 0.1) is 5.69 Å². The summed E-state index contributed by atoms with van der Waals surface area (Å²) in [6.45, 7) is 6.15. The number of hydrogen-bond donors (Lipinski definition) is 2. The van der Waals surface area contributed by atoms with E-state index in [1.165, 1.54) is 11.2 Å². The number of benzene rings is 1. The molecule has 0 bridgehead atoms. The zero-order valence-corrected chi connectivity index (χ0v) is 18.6. The maximum Gasteiger partial charge on any atom is 0.327 e. The summed E-state index contributed by atoms with van der Waals surface area (Å²) in [6, 6.07) is 11.9. The van der Waals surface area contributed by atoms with E-state index < -0.39 is 0 Å². The molecule has 0 aliphatic rings. The van der Waals surface area contributed by atoms with Crippen LogP contribution in [0.3, 0.4) is 0 Å². The largest absolute Gasteiger partial charge is 0.457 e. The lowest BCUT2D eigenvalue weighted by molar-refractivity contribution is 0.258. The Kier molecular flexibility index (Phi) is 6.45. The fourth-order valence-electron chi connectivity index (χ4n) is 2.63. The van der Waals surface area contributed by atoms with E-state index >= 15 is 0 Å². The summed E-state index contributed by atoms with van der Waals surface area (Å²) in [5, 5.41) is 2.80. The third kappa shape index (κ3) is 5.73. The minimum absolute atomic E-state index is 0.144. The first kappa shape index (κ1) is 22.1. The normalized spacial score (nSPS) is 11.0. The molecule has 0 spiro atoms. The molecular formula is C22H24N6O2S. The van der Waals surface area contributed by atoms with Gasteiger partial charge in [0.2, 0.25) is 0 Å². The zero-order chi connectivity index (χ0) is 22.6. The van der Waals surface area contributed by atoms with Crippen molar-refractivity contribution in [3.05, 3.63) is 66.4 Å². The summed E-state index contributed by atoms with van der Waals surface area (Å²) in [5.41, 5.74) is 7.48. The predicted molar refractivity (Wildman–Crippen MR) is 125 cm³/mol. The van der Waals surface area contributed by atoms with Gasteiger partial charge in [-0.1, -0.05) is 33.0 Å². The van der Waals surface area contributed by atoms with Crippen LogP contribution >= 0.6 is 12.2 Å². The Bertz CT molecular complexity index is 1100. The van der Waals surface area contributed by atoms with Crippen molar-refractivity contribution in [2.75, 3.05) is 17.3 Å². The van der Waals surface area contributed by atoms with Crippen LogP contribution < -0.4 is 20.7 Å². The number of nitrogens with two attached hydrogens (primary N) is 1. The first-order valence-corrected chi connectivity index (χ1v) is 9.95. The highest BCUT2D eigenvalue weighted by Gasteiger charge is 2.18. The van der Waals surface area contributed by atoms with Crippen LogP contribution in [0.5, 0.6) is 11.5 Å². The molecule has 0 aliphatic heterocycles. The van der Waals surface area contributed by atoms with Crippen LogP contribution in [0.2, 0.25) is 0 Å². The molecule has 0 saturated carbocycles. The zero-order valence-electron chi connectivity index (χ0n) is 17.8. The number of rotatable bonds is 5. The monoisotopic (exact) mass is 436 g/mol. The van der Waals surface area contributed by atoms with Crippen LogP contribution in [0.15, 0.2) is 55.0 Å². The number of carbonyl (C=O) groups excluding carboxylic acids is 1. The van der Waals surface area contributed by atoms with Gasteiger partial charge >= 0.3 is 6.03 Å². The van der Waals surface area contributed by atoms with Gasteiger partial charge in [-0.2, -0.15) is 0 Å². The summed E-state index contributed by atoms with van der Waals surface area (Å²) in [4.78, 5) is 26.8. The molecule has 31 heavy (non-hydrogen) atoms. The van der Waals surface area contributed by atoms with Crippen molar-refractivity contribution >= 4 is 34.7 Å². The topological polar surface area (TPSA) is 106 Å². The van der Waals surface area contributed by atoms with Gasteiger partial charge in [-0.3, -0.25) is 15.2 Å². The first-order chi connectivity index (χ1) is 14.6. The average Bonchev–Trinajstić information content (AvgIpc) is 2.73. The van der Waals surface area contributed by atoms with Gasteiger partial charge in [-0.05, 0) is 30.3 Å². The van der Waals surface area contributed by atoms with E-state index in [0.29, 0.717) is 28.7 Å². The molecular weight excluding hydrogens is 412 g/mol. The molecule has 9 heteroatoms. The standard InChI is InChI=1S/C22H24N6O2S/c1-22(2,3)18-12-19(26-13-25-18)27-21(29)28(4)14-5-7-15(8-6-14)30-16-9-10-24-17(11-16)20(23)31/h5-13H,1-4H3,(H2,23,31)(H,25,26,27,29). The molecule has 2 amide bonds. The highest BCUT2D eigenvalue weighted by atomic mass is 32.1. The van der Waals surface area contributed by atoms with Crippen LogP contribution in [0.4, 0.5) is 16.3 Å². The Labute approximate surface area is 186 Å². The molecule has 3 N–H and O–H groups in total. The van der Waals surface area contributed by atoms with Gasteiger partial charge in [0, 0.05) is 36.5 Å². The molecule has 0 saturated heterocycles. The van der Waals surface area contributed by atoms with Crippen molar-refractivity contribution in [2.45, 2.75) is 26.2 Å². The fourth-order valence-corrected chi connectivity index (χ4v) is 2.74. The van der Waals surface area contributed by atoms with Crippen molar-refractivity contribution in [1.29, 1.82) is 0 Å². The average molecular weight is 437 g/mol. The lowest BCUT2D eigenvalue weighted by Gasteiger charge is -2.20. The number of nitrogens with one attached hydrogen (secondary N) is 1. The van der Waals surface area contributed by atoms with Gasteiger partial charge in [0.15, 0.2) is 0 Å². The number of nitrogens with zero attached hydrogens (tertiary/aromatic N) is 4. The third-order valence-electron chi connectivity index (χ3n) is 4.42. The summed E-state index contributed by atoms with van der Waals surface area (Å²) < 4.78 is 5.81. The number of anilines is 2. The Balaban J connectivity index is 1.67. The molecule has 160 valence electrons. The van der Waals surface area contributed by atoms with E-state index in [1.54, 1.807) is 55.7 Å². The van der Waals surface area contributed by atoms with E-state index in [0.717, 1.165) is 5.69 Å². The molecule has 8 nitrogen and oxygen atoms in total. The van der Waals surface area contributed by atoms with Crippen LogP contribution in [-0.2, 0) is 5.41 Å². The van der Waals surface area contributed by atoms with Gasteiger partial charge in [0.1, 0.15) is 34.3 Å². The van der Waals surface area contributed by atoms with E-state index in [2.05, 4.69) is 20.3 Å². The summed E-state index contributed by atoms with van der Waals surface area (Å²) >= 11 is 4.94. The van der Waals surface area contributed by atoms with E-state index in [9.17, 15) is 4.79 Å². The van der Waals surface area contributed by atoms with Crippen LogP contribution in [0.1, 0.15) is 32.2 Å². The maximum atomic E-state index is 12.6. The molecule has 2 heterocycles. The highest BCUT2D eigenvalue weighted by Crippen LogP contribution is 2.25. The fraction of sp³-hybridized carbons (Fsp3) is 0.227. The number of thiocarbonyl (C=S) groups is 1. The number of hydrogen-bond acceptors (Lipinski definition) is 6. The second kappa shape index (κ2) is 9.05. The Morgan fingerprint density at radius 3 is 2.42 bits per heavy atom. The summed E-state index contributed by atoms with van der Waals surface area (Å²) in [6.07, 6.45) is 3.03. The molecule has 0 aliphatic carbocycles. The van der Waals surface area contributed by atoms with Crippen LogP contribution in [0.25, 0.3) is 0 Å².